The monoisotopic (exact) mass is 649 g/mol. The van der Waals surface area contributed by atoms with Gasteiger partial charge in [0.2, 0.25) is 0 Å². The fourth-order valence-electron chi connectivity index (χ4n) is 3.99. The maximum Gasteiger partial charge on any atom is 2.00 e. The number of para-hydroxylation sites is 1. The smallest absolute Gasteiger partial charge is 0.522 e. The number of aromatic nitrogens is 4. The van der Waals surface area contributed by atoms with Gasteiger partial charge in [0.25, 0.3) is 0 Å². The van der Waals surface area contributed by atoms with Crippen LogP contribution in [0.5, 0.6) is 5.75 Å². The summed E-state index contributed by atoms with van der Waals surface area (Å²) in [5.41, 5.74) is 2.81. The van der Waals surface area contributed by atoms with Crippen molar-refractivity contribution in [2.75, 3.05) is 7.11 Å². The summed E-state index contributed by atoms with van der Waals surface area (Å²) >= 11 is 0. The van der Waals surface area contributed by atoms with Gasteiger partial charge in [-0.15, -0.1) is 18.2 Å². The number of fused-ring (bicyclic) bond motifs is 1. The first-order valence-corrected chi connectivity index (χ1v) is 10.6. The molecule has 0 unspecified atom stereocenters. The van der Waals surface area contributed by atoms with Gasteiger partial charge in [0, 0.05) is 16.8 Å². The molecule has 0 N–H and O–H groups in total. The van der Waals surface area contributed by atoms with Crippen molar-refractivity contribution < 1.29 is 34.6 Å². The molecule has 0 fully saturated rings. The molecule has 0 atom stereocenters. The number of benzene rings is 2. The molecule has 0 radical (unpaired) electrons. The number of hydrogen-bond donors (Lipinski definition) is 0. The number of nitrogens with zero attached hydrogens (tertiary/aromatic N) is 4. The van der Waals surface area contributed by atoms with Crippen LogP contribution >= 0.6 is 0 Å². The third-order valence-corrected chi connectivity index (χ3v) is 5.79. The van der Waals surface area contributed by atoms with Crippen LogP contribution in [-0.4, -0.2) is 26.9 Å². The molecule has 8 heteroatoms. The molecular weight excluding hydrogens is 629 g/mol. The van der Waals surface area contributed by atoms with E-state index in [2.05, 4.69) is 22.1 Å². The van der Waals surface area contributed by atoms with Crippen LogP contribution in [-0.2, 0) is 26.5 Å². The van der Waals surface area contributed by atoms with Crippen molar-refractivity contribution in [1.82, 2.24) is 19.7 Å². The Kier molecular flexibility index (Phi) is 6.81. The number of rotatable bonds is 5. The maximum atomic E-state index is 14.3. The van der Waals surface area contributed by atoms with Crippen molar-refractivity contribution in [3.63, 3.8) is 0 Å². The predicted molar refractivity (Wildman–Crippen MR) is 125 cm³/mol. The third kappa shape index (κ3) is 4.48. The fraction of sp³-hybridized carbons (Fsp3) is 0.148. The maximum absolute atomic E-state index is 14.3. The van der Waals surface area contributed by atoms with Crippen LogP contribution in [0.3, 0.4) is 0 Å². The van der Waals surface area contributed by atoms with Gasteiger partial charge in [-0.1, -0.05) is 42.0 Å². The van der Waals surface area contributed by atoms with E-state index >= 15 is 0 Å². The van der Waals surface area contributed by atoms with E-state index in [0.29, 0.717) is 17.1 Å². The van der Waals surface area contributed by atoms with Gasteiger partial charge in [0.05, 0.1) is 23.7 Å². The molecule has 0 spiro atoms. The third-order valence-electron chi connectivity index (χ3n) is 5.79. The second-order valence-electron chi connectivity index (χ2n) is 8.31. The normalized spacial score (nSPS) is 11.3. The molecule has 0 amide bonds. The van der Waals surface area contributed by atoms with Crippen LogP contribution < -0.4 is 4.74 Å². The van der Waals surface area contributed by atoms with E-state index in [1.807, 2.05) is 61.0 Å². The zero-order valence-corrected chi connectivity index (χ0v) is 21.4. The molecule has 3 heterocycles. The molecule has 0 saturated carbocycles. The first-order valence-electron chi connectivity index (χ1n) is 10.6. The molecule has 0 bridgehead atoms. The summed E-state index contributed by atoms with van der Waals surface area (Å²) in [5, 5.41) is 5.92. The van der Waals surface area contributed by atoms with Gasteiger partial charge in [-0.05, 0) is 37.4 Å². The standard InChI is InChI=1S/C27H20F2N4O.Pt/c1-27(2,23-13-7-11-21(30-23)19-14-15-24(28)31-26(19)29)25-20-10-4-5-12-22(20)33(32-25)17-8-6-9-18(16-17)34-3;/h4-7,9-13,15-16H,1-3H3;/q-2;+2. The van der Waals surface area contributed by atoms with Gasteiger partial charge in [-0.2, -0.15) is 17.2 Å². The molecule has 35 heavy (non-hydrogen) atoms. The average Bonchev–Trinajstić information content (AvgIpc) is 3.25. The first kappa shape index (κ1) is 24.7. The Morgan fingerprint density at radius 3 is 2.54 bits per heavy atom. The van der Waals surface area contributed by atoms with E-state index in [-0.39, 0.29) is 26.6 Å². The summed E-state index contributed by atoms with van der Waals surface area (Å²) in [6.45, 7) is 4.02. The summed E-state index contributed by atoms with van der Waals surface area (Å²) in [6.07, 6.45) is 0. The molecule has 0 aliphatic heterocycles. The largest absolute Gasteiger partial charge is 2.00 e. The van der Waals surface area contributed by atoms with Gasteiger partial charge >= 0.3 is 21.1 Å². The molecule has 5 aromatic rings. The molecule has 0 aliphatic rings. The summed E-state index contributed by atoms with van der Waals surface area (Å²) < 4.78 is 34.8. The molecule has 0 aliphatic carbocycles. The molecular formula is C27H20F2N4OPt. The topological polar surface area (TPSA) is 52.8 Å². The average molecular weight is 650 g/mol. The van der Waals surface area contributed by atoms with E-state index < -0.39 is 17.3 Å². The number of ether oxygens (including phenoxy) is 1. The van der Waals surface area contributed by atoms with E-state index in [1.54, 1.807) is 25.3 Å². The van der Waals surface area contributed by atoms with Gasteiger partial charge in [-0.3, -0.25) is 9.67 Å². The Labute approximate surface area is 216 Å². The van der Waals surface area contributed by atoms with Crippen molar-refractivity contribution >= 4 is 10.9 Å². The number of halogens is 2. The van der Waals surface area contributed by atoms with E-state index in [0.717, 1.165) is 28.4 Å². The van der Waals surface area contributed by atoms with Crippen molar-refractivity contribution in [2.24, 2.45) is 0 Å². The molecule has 3 aromatic heterocycles. The van der Waals surface area contributed by atoms with Crippen molar-refractivity contribution in [2.45, 2.75) is 19.3 Å². The van der Waals surface area contributed by atoms with E-state index in [1.165, 1.54) is 0 Å². The van der Waals surface area contributed by atoms with E-state index in [4.69, 9.17) is 9.84 Å². The predicted octanol–water partition coefficient (Wildman–Crippen LogP) is 5.69. The van der Waals surface area contributed by atoms with Crippen molar-refractivity contribution in [3.05, 3.63) is 102 Å². The second kappa shape index (κ2) is 9.67. The SMILES string of the molecule is COc1cc[c-]c(-n2nc(C(C)(C)c3cccc(-c4[c-]cc(F)nc4F)n3)c3ccccc32)c1.[Pt+2]. The van der Waals surface area contributed by atoms with Gasteiger partial charge < -0.3 is 9.72 Å². The van der Waals surface area contributed by atoms with Gasteiger partial charge in [0.15, 0.2) is 0 Å². The van der Waals surface area contributed by atoms with Crippen LogP contribution in [0.25, 0.3) is 27.8 Å². The molecule has 5 rings (SSSR count). The number of methoxy groups -OCH3 is 1. The fourth-order valence-corrected chi connectivity index (χ4v) is 3.99. The second-order valence-corrected chi connectivity index (χ2v) is 8.31. The minimum Gasteiger partial charge on any atom is -0.522 e. The summed E-state index contributed by atoms with van der Waals surface area (Å²) in [6, 6.07) is 25.5. The Morgan fingerprint density at radius 2 is 1.77 bits per heavy atom. The molecule has 2 aromatic carbocycles. The number of pyridine rings is 2. The zero-order chi connectivity index (χ0) is 23.9. The Bertz CT molecular complexity index is 1520. The molecule has 5 nitrogen and oxygen atoms in total. The van der Waals surface area contributed by atoms with Gasteiger partial charge in [0.1, 0.15) is 11.9 Å². The summed E-state index contributed by atoms with van der Waals surface area (Å²) in [4.78, 5) is 7.94. The first-order chi connectivity index (χ1) is 16.4. The van der Waals surface area contributed by atoms with Crippen LogP contribution in [0.15, 0.2) is 66.7 Å². The number of hydrogen-bond acceptors (Lipinski definition) is 4. The van der Waals surface area contributed by atoms with Crippen LogP contribution in [0, 0.1) is 24.0 Å². The minimum atomic E-state index is -0.953. The summed E-state index contributed by atoms with van der Waals surface area (Å²) in [5.74, 6) is -1.18. The Balaban J connectivity index is 0.00000289. The van der Waals surface area contributed by atoms with E-state index in [9.17, 15) is 8.78 Å². The Morgan fingerprint density at radius 1 is 0.971 bits per heavy atom. The zero-order valence-electron chi connectivity index (χ0n) is 19.1. The molecule has 0 saturated heterocycles. The van der Waals surface area contributed by atoms with Crippen LogP contribution in [0.4, 0.5) is 8.78 Å². The van der Waals surface area contributed by atoms with Crippen molar-refractivity contribution in [1.29, 1.82) is 0 Å². The molecule has 178 valence electrons. The minimum absolute atomic E-state index is 0. The van der Waals surface area contributed by atoms with Crippen LogP contribution in [0.2, 0.25) is 0 Å². The van der Waals surface area contributed by atoms with Crippen molar-refractivity contribution in [3.8, 4) is 22.7 Å². The quantitative estimate of drug-likeness (QED) is 0.181. The summed E-state index contributed by atoms with van der Waals surface area (Å²) in [7, 11) is 1.62. The van der Waals surface area contributed by atoms with Crippen LogP contribution in [0.1, 0.15) is 25.2 Å². The van der Waals surface area contributed by atoms with Gasteiger partial charge in [-0.25, -0.2) is 8.78 Å². The Hall–Kier alpha value is -3.44.